The molecule has 0 amide bonds. The van der Waals surface area contributed by atoms with Gasteiger partial charge >= 0.3 is 0 Å². The second-order valence-corrected chi connectivity index (χ2v) is 7.44. The highest BCUT2D eigenvalue weighted by Crippen LogP contribution is 2.32. The van der Waals surface area contributed by atoms with E-state index in [1.54, 1.807) is 0 Å². The van der Waals surface area contributed by atoms with Crippen LogP contribution in [0.4, 0.5) is 5.69 Å². The molecule has 0 aliphatic carbocycles. The minimum atomic E-state index is 0.442. The number of hydrogen-bond donors (Lipinski definition) is 1. The Morgan fingerprint density at radius 1 is 1.14 bits per heavy atom. The highest BCUT2D eigenvalue weighted by molar-refractivity contribution is 7.67. The molecule has 2 aromatic carbocycles. The second-order valence-electron chi connectivity index (χ2n) is 6.86. The van der Waals surface area contributed by atoms with Crippen molar-refractivity contribution in [2.24, 2.45) is 0 Å². The number of imidazole rings is 1. The molecule has 0 unspecified atom stereocenters. The Labute approximate surface area is 174 Å². The van der Waals surface area contributed by atoms with Crippen molar-refractivity contribution in [2.45, 2.75) is 26.7 Å². The van der Waals surface area contributed by atoms with Gasteiger partial charge in [0.05, 0.1) is 24.2 Å². The molecular formula is C22H27N3O3S. The molecule has 0 fully saturated rings. The minimum absolute atomic E-state index is 0.442. The number of H-pyrrole nitrogens is 1. The van der Waals surface area contributed by atoms with Gasteiger partial charge in [0, 0.05) is 37.5 Å². The van der Waals surface area contributed by atoms with Crippen LogP contribution in [0.15, 0.2) is 36.4 Å². The van der Waals surface area contributed by atoms with E-state index in [9.17, 15) is 4.21 Å². The van der Waals surface area contributed by atoms with Gasteiger partial charge in [-0.05, 0) is 19.4 Å². The number of fused-ring (bicyclic) bond motifs is 1. The Bertz CT molecular complexity index is 1040. The van der Waals surface area contributed by atoms with Crippen molar-refractivity contribution in [2.75, 3.05) is 32.2 Å². The molecule has 3 rings (SSSR count). The smallest absolute Gasteiger partial charge is 0.163 e. The molecule has 1 N–H and O–H groups in total. The van der Waals surface area contributed by atoms with Crippen molar-refractivity contribution in [1.29, 1.82) is 0 Å². The Hall–Kier alpha value is -2.80. The van der Waals surface area contributed by atoms with Crippen molar-refractivity contribution < 1.29 is 13.7 Å². The zero-order chi connectivity index (χ0) is 20.8. The number of rotatable bonds is 9. The summed E-state index contributed by atoms with van der Waals surface area (Å²) in [5.41, 5.74) is 3.36. The summed E-state index contributed by atoms with van der Waals surface area (Å²) in [7, 11) is 3.91. The van der Waals surface area contributed by atoms with E-state index in [2.05, 4.69) is 16.9 Å². The summed E-state index contributed by atoms with van der Waals surface area (Å²) in [6.07, 6.45) is 2.03. The molecular weight excluding hydrogens is 386 g/mol. The number of nitrogens with zero attached hydrogens (tertiary/aromatic N) is 2. The molecule has 1 aromatic heterocycles. The lowest BCUT2D eigenvalue weighted by Gasteiger charge is -2.16. The number of hydrogen-bond acceptors (Lipinski definition) is 5. The quantitative estimate of drug-likeness (QED) is 0.326. The molecule has 154 valence electrons. The summed E-state index contributed by atoms with van der Waals surface area (Å²) in [4.78, 5) is 10.5. The fraction of sp³-hybridized carbons (Fsp3) is 0.364. The number of para-hydroxylation sites is 1. The maximum Gasteiger partial charge on any atom is 0.163 e. The first kappa shape index (κ1) is 20.9. The van der Waals surface area contributed by atoms with Crippen molar-refractivity contribution in [3.63, 3.8) is 0 Å². The van der Waals surface area contributed by atoms with Crippen LogP contribution in [-0.4, -0.2) is 46.4 Å². The first-order valence-corrected chi connectivity index (χ1v) is 10.6. The Morgan fingerprint density at radius 2 is 1.90 bits per heavy atom. The summed E-state index contributed by atoms with van der Waals surface area (Å²) >= 11 is 0.442. The standard InChI is InChI=1S/C22H27N3O3S/c1-5-7-12-28-20-14-17-16(13-19(20)27-6-2)23-22(24-17)21(29-26)15-10-8-9-11-18(15)25(3)4/h8-11,13-14H,5-7,12H2,1-4H3,(H,23,24). The number of aromatic nitrogens is 2. The van der Waals surface area contributed by atoms with E-state index in [0.29, 0.717) is 46.7 Å². The molecule has 0 atom stereocenters. The summed E-state index contributed by atoms with van der Waals surface area (Å²) in [6, 6.07) is 11.6. The molecule has 0 aliphatic heterocycles. The van der Waals surface area contributed by atoms with Crippen molar-refractivity contribution in [3.05, 3.63) is 47.8 Å². The van der Waals surface area contributed by atoms with Gasteiger partial charge in [-0.15, -0.1) is 0 Å². The highest BCUT2D eigenvalue weighted by atomic mass is 32.1. The van der Waals surface area contributed by atoms with E-state index >= 15 is 0 Å². The molecule has 0 aliphatic rings. The van der Waals surface area contributed by atoms with Crippen LogP contribution >= 0.6 is 0 Å². The zero-order valence-corrected chi connectivity index (χ0v) is 18.1. The first-order valence-electron chi connectivity index (χ1n) is 9.82. The number of anilines is 1. The van der Waals surface area contributed by atoms with Crippen LogP contribution in [0.3, 0.4) is 0 Å². The summed E-state index contributed by atoms with van der Waals surface area (Å²) < 4.78 is 23.7. The molecule has 29 heavy (non-hydrogen) atoms. The average molecular weight is 414 g/mol. The third kappa shape index (κ3) is 4.62. The summed E-state index contributed by atoms with van der Waals surface area (Å²) in [6.45, 7) is 5.24. The first-order chi connectivity index (χ1) is 14.1. The van der Waals surface area contributed by atoms with Crippen molar-refractivity contribution in [3.8, 4) is 11.5 Å². The third-order valence-electron chi connectivity index (χ3n) is 4.53. The highest BCUT2D eigenvalue weighted by Gasteiger charge is 2.18. The molecule has 7 heteroatoms. The van der Waals surface area contributed by atoms with Crippen molar-refractivity contribution >= 4 is 32.8 Å². The Morgan fingerprint density at radius 3 is 2.59 bits per heavy atom. The van der Waals surface area contributed by atoms with E-state index in [4.69, 9.17) is 9.47 Å². The predicted molar refractivity (Wildman–Crippen MR) is 120 cm³/mol. The molecule has 6 nitrogen and oxygen atoms in total. The van der Waals surface area contributed by atoms with Gasteiger partial charge in [-0.1, -0.05) is 31.5 Å². The van der Waals surface area contributed by atoms with Gasteiger partial charge in [-0.2, -0.15) is 0 Å². The molecule has 0 radical (unpaired) electrons. The van der Waals surface area contributed by atoms with E-state index in [1.807, 2.05) is 62.3 Å². The van der Waals surface area contributed by atoms with E-state index in [-0.39, 0.29) is 0 Å². The monoisotopic (exact) mass is 413 g/mol. The number of ether oxygens (including phenoxy) is 2. The number of benzene rings is 2. The molecule has 3 aromatic rings. The van der Waals surface area contributed by atoms with Gasteiger partial charge in [-0.3, -0.25) is 0 Å². The molecule has 0 saturated carbocycles. The van der Waals surface area contributed by atoms with Crippen LogP contribution < -0.4 is 14.4 Å². The lowest BCUT2D eigenvalue weighted by molar-refractivity contribution is 0.273. The Kier molecular flexibility index (Phi) is 6.93. The number of unbranched alkanes of at least 4 members (excludes halogenated alkanes) is 1. The van der Waals surface area contributed by atoms with E-state index < -0.39 is 0 Å². The molecule has 0 saturated heterocycles. The maximum absolute atomic E-state index is 12.0. The van der Waals surface area contributed by atoms with E-state index in [1.165, 1.54) is 0 Å². The van der Waals surface area contributed by atoms with Gasteiger partial charge in [0.25, 0.3) is 0 Å². The minimum Gasteiger partial charge on any atom is -0.490 e. The van der Waals surface area contributed by atoms with Crippen LogP contribution in [0.5, 0.6) is 11.5 Å². The molecule has 0 spiro atoms. The SMILES string of the molecule is CCCCOc1cc2nc(C(=S=O)c3ccccc3N(C)C)[nH]c2cc1OCC. The van der Waals surface area contributed by atoms with Gasteiger partial charge in [-0.25, -0.2) is 9.19 Å². The van der Waals surface area contributed by atoms with Crippen LogP contribution in [-0.2, 0) is 11.3 Å². The largest absolute Gasteiger partial charge is 0.490 e. The van der Waals surface area contributed by atoms with Crippen LogP contribution in [0, 0.1) is 0 Å². The second kappa shape index (κ2) is 9.60. The third-order valence-corrected chi connectivity index (χ3v) is 5.11. The van der Waals surface area contributed by atoms with Gasteiger partial charge in [0.1, 0.15) is 16.1 Å². The number of aromatic amines is 1. The molecule has 0 bridgehead atoms. The van der Waals surface area contributed by atoms with Crippen LogP contribution in [0.1, 0.15) is 38.1 Å². The topological polar surface area (TPSA) is 67.5 Å². The summed E-state index contributed by atoms with van der Waals surface area (Å²) in [5, 5.41) is 0. The van der Waals surface area contributed by atoms with Crippen LogP contribution in [0.25, 0.3) is 11.0 Å². The zero-order valence-electron chi connectivity index (χ0n) is 17.3. The predicted octanol–water partition coefficient (Wildman–Crippen LogP) is 3.99. The lowest BCUT2D eigenvalue weighted by atomic mass is 10.1. The van der Waals surface area contributed by atoms with Crippen LogP contribution in [0.2, 0.25) is 0 Å². The maximum atomic E-state index is 12.0. The fourth-order valence-corrected chi connectivity index (χ4v) is 3.54. The van der Waals surface area contributed by atoms with Gasteiger partial charge < -0.3 is 19.4 Å². The fourth-order valence-electron chi connectivity index (χ4n) is 3.10. The van der Waals surface area contributed by atoms with E-state index in [0.717, 1.165) is 35.1 Å². The lowest BCUT2D eigenvalue weighted by Crippen LogP contribution is -2.15. The average Bonchev–Trinajstić information content (AvgIpc) is 3.11. The summed E-state index contributed by atoms with van der Waals surface area (Å²) in [5.74, 6) is 1.90. The Balaban J connectivity index is 2.05. The molecule has 1 heterocycles. The van der Waals surface area contributed by atoms with Gasteiger partial charge in [0.15, 0.2) is 17.3 Å². The van der Waals surface area contributed by atoms with Crippen molar-refractivity contribution in [1.82, 2.24) is 9.97 Å². The normalized spacial score (nSPS) is 10.8. The number of nitrogens with one attached hydrogen (secondary N) is 1. The van der Waals surface area contributed by atoms with Gasteiger partial charge in [0.2, 0.25) is 0 Å².